The van der Waals surface area contributed by atoms with Crippen molar-refractivity contribution in [3.05, 3.63) is 88.7 Å². The van der Waals surface area contributed by atoms with Crippen LogP contribution >= 0.6 is 0 Å². The van der Waals surface area contributed by atoms with Crippen molar-refractivity contribution in [2.24, 2.45) is 5.73 Å². The molecule has 29 heavy (non-hydrogen) atoms. The number of benzene rings is 2. The zero-order valence-corrected chi connectivity index (χ0v) is 16.2. The molecule has 0 saturated heterocycles. The number of alkyl halides is 3. The number of hydrogen-bond donors (Lipinski definition) is 2. The van der Waals surface area contributed by atoms with Crippen LogP contribution in [0.5, 0.6) is 0 Å². The average molecular weight is 404 g/mol. The lowest BCUT2D eigenvalue weighted by atomic mass is 10.1. The fraction of sp³-hybridized carbons (Fsp3) is 0.227. The molecular formula is C22H23F3N2O2. The van der Waals surface area contributed by atoms with Crippen molar-refractivity contribution in [1.29, 1.82) is 0 Å². The van der Waals surface area contributed by atoms with E-state index in [9.17, 15) is 18.0 Å². The van der Waals surface area contributed by atoms with Gasteiger partial charge in [0.05, 0.1) is 16.8 Å². The minimum absolute atomic E-state index is 0.000484. The molecule has 0 aliphatic carbocycles. The summed E-state index contributed by atoms with van der Waals surface area (Å²) in [7, 11) is 0. The normalized spacial score (nSPS) is 11.0. The monoisotopic (exact) mass is 404 g/mol. The molecule has 3 aromatic rings. The number of aromatic nitrogens is 1. The van der Waals surface area contributed by atoms with Gasteiger partial charge in [-0.15, -0.1) is 0 Å². The maximum Gasteiger partial charge on any atom is 0.418 e. The molecule has 0 aliphatic heterocycles. The molecule has 2 aromatic carbocycles. The summed E-state index contributed by atoms with van der Waals surface area (Å²) >= 11 is 0. The first-order valence-corrected chi connectivity index (χ1v) is 8.99. The van der Waals surface area contributed by atoms with Gasteiger partial charge in [-0.3, -0.25) is 0 Å². The van der Waals surface area contributed by atoms with Crippen molar-refractivity contribution < 1.29 is 23.1 Å². The highest BCUT2D eigenvalue weighted by Crippen LogP contribution is 2.35. The Labute approximate surface area is 167 Å². The predicted octanol–water partition coefficient (Wildman–Crippen LogP) is 5.00. The molecule has 0 unspecified atom stereocenters. The largest absolute Gasteiger partial charge is 0.478 e. The summed E-state index contributed by atoms with van der Waals surface area (Å²) in [4.78, 5) is 11.1. The highest BCUT2D eigenvalue weighted by Gasteiger charge is 2.34. The Balaban J connectivity index is 0.000000278. The molecule has 0 fully saturated rings. The molecule has 3 rings (SSSR count). The van der Waals surface area contributed by atoms with Gasteiger partial charge in [-0.2, -0.15) is 13.2 Å². The molecule has 1 aromatic heterocycles. The average Bonchev–Trinajstić information content (AvgIpc) is 2.97. The van der Waals surface area contributed by atoms with E-state index in [-0.39, 0.29) is 16.9 Å². The number of carboxylic acid groups (broad SMARTS) is 1. The topological polar surface area (TPSA) is 68.2 Å². The van der Waals surface area contributed by atoms with Crippen molar-refractivity contribution in [3.8, 4) is 5.69 Å². The van der Waals surface area contributed by atoms with Gasteiger partial charge < -0.3 is 15.4 Å². The lowest BCUT2D eigenvalue weighted by Crippen LogP contribution is -2.12. The van der Waals surface area contributed by atoms with E-state index in [0.717, 1.165) is 19.0 Å². The van der Waals surface area contributed by atoms with Crippen molar-refractivity contribution in [2.45, 2.75) is 26.4 Å². The molecule has 0 aliphatic rings. The number of carboxylic acids is 1. The summed E-state index contributed by atoms with van der Waals surface area (Å²) in [6, 6.07) is 16.7. The van der Waals surface area contributed by atoms with Crippen LogP contribution < -0.4 is 5.73 Å². The van der Waals surface area contributed by atoms with Gasteiger partial charge in [0.2, 0.25) is 0 Å². The zero-order valence-electron chi connectivity index (χ0n) is 16.2. The predicted molar refractivity (Wildman–Crippen MR) is 106 cm³/mol. The standard InChI is InChI=1S/C14H12F3NO2.C8H11N/c1-8-7-10(13(19)20)9(2)18(8)12-6-4-3-5-11(12)14(15,16)17;9-7-6-8-4-2-1-3-5-8/h3-7H,1-2H3,(H,19,20);1-5H,6-7,9H2. The number of rotatable bonds is 4. The number of nitrogens with two attached hydrogens (primary N) is 1. The first kappa shape index (κ1) is 22.2. The highest BCUT2D eigenvalue weighted by molar-refractivity contribution is 5.89. The van der Waals surface area contributed by atoms with E-state index in [1.54, 1.807) is 6.92 Å². The van der Waals surface area contributed by atoms with E-state index in [2.05, 4.69) is 12.1 Å². The maximum absolute atomic E-state index is 13.0. The van der Waals surface area contributed by atoms with Gasteiger partial charge in [0.25, 0.3) is 0 Å². The molecule has 0 atom stereocenters. The summed E-state index contributed by atoms with van der Waals surface area (Å²) in [5.74, 6) is -1.16. The molecule has 1 heterocycles. The summed E-state index contributed by atoms with van der Waals surface area (Å²) in [5, 5.41) is 9.04. The molecule has 0 spiro atoms. The minimum atomic E-state index is -4.50. The number of hydrogen-bond acceptors (Lipinski definition) is 2. The fourth-order valence-electron chi connectivity index (χ4n) is 3.07. The third-order valence-corrected chi connectivity index (χ3v) is 4.39. The molecule has 154 valence electrons. The van der Waals surface area contributed by atoms with E-state index in [1.165, 1.54) is 41.3 Å². The van der Waals surface area contributed by atoms with Gasteiger partial charge in [0.15, 0.2) is 0 Å². The van der Waals surface area contributed by atoms with Crippen LogP contribution in [-0.4, -0.2) is 22.2 Å². The smallest absolute Gasteiger partial charge is 0.418 e. The molecule has 3 N–H and O–H groups in total. The molecular weight excluding hydrogens is 381 g/mol. The van der Waals surface area contributed by atoms with Gasteiger partial charge in [0, 0.05) is 11.4 Å². The number of carbonyl (C=O) groups is 1. The van der Waals surface area contributed by atoms with E-state index < -0.39 is 17.7 Å². The van der Waals surface area contributed by atoms with Crippen LogP contribution in [0.1, 0.15) is 32.9 Å². The van der Waals surface area contributed by atoms with Crippen LogP contribution in [0, 0.1) is 13.8 Å². The maximum atomic E-state index is 13.0. The quantitative estimate of drug-likeness (QED) is 0.643. The van der Waals surface area contributed by atoms with Crippen molar-refractivity contribution in [2.75, 3.05) is 6.54 Å². The first-order chi connectivity index (χ1) is 13.7. The molecule has 0 radical (unpaired) electrons. The number of para-hydroxylation sites is 1. The number of aryl methyl sites for hydroxylation is 1. The third-order valence-electron chi connectivity index (χ3n) is 4.39. The second-order valence-corrected chi connectivity index (χ2v) is 6.46. The van der Waals surface area contributed by atoms with Crippen LogP contribution in [0.4, 0.5) is 13.2 Å². The van der Waals surface area contributed by atoms with Crippen molar-refractivity contribution >= 4 is 5.97 Å². The molecule has 4 nitrogen and oxygen atoms in total. The van der Waals surface area contributed by atoms with E-state index in [4.69, 9.17) is 10.8 Å². The Kier molecular flexibility index (Phi) is 7.23. The van der Waals surface area contributed by atoms with E-state index in [1.807, 2.05) is 18.2 Å². The van der Waals surface area contributed by atoms with Gasteiger partial charge in [-0.05, 0) is 50.6 Å². The lowest BCUT2D eigenvalue weighted by molar-refractivity contribution is -0.137. The SMILES string of the molecule is Cc1cc(C(=O)O)c(C)n1-c1ccccc1C(F)(F)F.NCCc1ccccc1. The Morgan fingerprint density at radius 1 is 1.03 bits per heavy atom. The number of nitrogens with zero attached hydrogens (tertiary/aromatic N) is 1. The van der Waals surface area contributed by atoms with Gasteiger partial charge in [-0.1, -0.05) is 42.5 Å². The van der Waals surface area contributed by atoms with Gasteiger partial charge in [-0.25, -0.2) is 4.79 Å². The van der Waals surface area contributed by atoms with E-state index >= 15 is 0 Å². The Hall–Kier alpha value is -3.06. The fourth-order valence-corrected chi connectivity index (χ4v) is 3.07. The minimum Gasteiger partial charge on any atom is -0.478 e. The molecule has 0 amide bonds. The molecule has 0 saturated carbocycles. The van der Waals surface area contributed by atoms with Crippen LogP contribution in [-0.2, 0) is 12.6 Å². The van der Waals surface area contributed by atoms with Crippen LogP contribution in [0.3, 0.4) is 0 Å². The van der Waals surface area contributed by atoms with Crippen molar-refractivity contribution in [3.63, 3.8) is 0 Å². The Bertz CT molecular complexity index is 964. The van der Waals surface area contributed by atoms with Crippen LogP contribution in [0.25, 0.3) is 5.69 Å². The Morgan fingerprint density at radius 2 is 1.62 bits per heavy atom. The van der Waals surface area contributed by atoms with Gasteiger partial charge >= 0.3 is 12.1 Å². The second-order valence-electron chi connectivity index (χ2n) is 6.46. The lowest BCUT2D eigenvalue weighted by Gasteiger charge is -2.16. The number of aromatic carboxylic acids is 1. The summed E-state index contributed by atoms with van der Waals surface area (Å²) in [5.41, 5.74) is 6.53. The Morgan fingerprint density at radius 3 is 2.14 bits per heavy atom. The van der Waals surface area contributed by atoms with Crippen molar-refractivity contribution in [1.82, 2.24) is 4.57 Å². The molecule has 0 bridgehead atoms. The van der Waals surface area contributed by atoms with Crippen LogP contribution in [0.15, 0.2) is 60.7 Å². The zero-order chi connectivity index (χ0) is 21.6. The van der Waals surface area contributed by atoms with E-state index in [0.29, 0.717) is 5.69 Å². The number of halogens is 3. The summed E-state index contributed by atoms with van der Waals surface area (Å²) in [6.07, 6.45) is -3.51. The first-order valence-electron chi connectivity index (χ1n) is 8.99. The summed E-state index contributed by atoms with van der Waals surface area (Å²) in [6.45, 7) is 3.81. The third kappa shape index (κ3) is 5.48. The summed E-state index contributed by atoms with van der Waals surface area (Å²) < 4.78 is 40.4. The van der Waals surface area contributed by atoms with Crippen LogP contribution in [0.2, 0.25) is 0 Å². The molecule has 7 heteroatoms. The van der Waals surface area contributed by atoms with Gasteiger partial charge in [0.1, 0.15) is 0 Å². The highest BCUT2D eigenvalue weighted by atomic mass is 19.4. The second kappa shape index (κ2) is 9.43.